The molecule has 1 saturated heterocycles. The lowest BCUT2D eigenvalue weighted by molar-refractivity contribution is 0.266. The van der Waals surface area contributed by atoms with Crippen molar-refractivity contribution in [2.75, 3.05) is 13.2 Å². The number of hydrogen-bond donors (Lipinski definition) is 1. The lowest BCUT2D eigenvalue weighted by Crippen LogP contribution is -2.35. The fourth-order valence-electron chi connectivity index (χ4n) is 3.55. The molecule has 26 heavy (non-hydrogen) atoms. The van der Waals surface area contributed by atoms with E-state index in [2.05, 4.69) is 60.8 Å². The molecule has 2 nitrogen and oxygen atoms in total. The van der Waals surface area contributed by atoms with Gasteiger partial charge in [0.2, 0.25) is 0 Å². The molecule has 1 unspecified atom stereocenters. The number of ether oxygens (including phenoxy) is 1. The summed E-state index contributed by atoms with van der Waals surface area (Å²) in [7, 11) is 0. The van der Waals surface area contributed by atoms with Gasteiger partial charge < -0.3 is 10.1 Å². The van der Waals surface area contributed by atoms with E-state index in [-0.39, 0.29) is 12.4 Å². The third-order valence-corrected chi connectivity index (χ3v) is 5.22. The number of hydrogen-bond acceptors (Lipinski definition) is 2. The number of halogens is 1. The van der Waals surface area contributed by atoms with E-state index in [1.54, 1.807) is 0 Å². The lowest BCUT2D eigenvalue weighted by Gasteiger charge is -2.23. The van der Waals surface area contributed by atoms with Crippen molar-refractivity contribution >= 4 is 12.4 Å². The van der Waals surface area contributed by atoms with Crippen LogP contribution in [-0.4, -0.2) is 19.2 Å². The fraction of sp³-hybridized carbons (Fsp3) is 0.478. The predicted molar refractivity (Wildman–Crippen MR) is 113 cm³/mol. The van der Waals surface area contributed by atoms with Crippen LogP contribution in [0.25, 0.3) is 0 Å². The molecule has 1 aliphatic heterocycles. The molecular weight excluding hydrogens is 342 g/mol. The van der Waals surface area contributed by atoms with E-state index in [9.17, 15) is 0 Å². The molecule has 0 aromatic heterocycles. The van der Waals surface area contributed by atoms with Gasteiger partial charge in [0.05, 0.1) is 6.61 Å². The zero-order valence-corrected chi connectivity index (χ0v) is 16.7. The summed E-state index contributed by atoms with van der Waals surface area (Å²) in [6.07, 6.45) is 8.26. The average molecular weight is 374 g/mol. The Morgan fingerprint density at radius 3 is 2.46 bits per heavy atom. The van der Waals surface area contributed by atoms with Gasteiger partial charge in [-0.15, -0.1) is 12.4 Å². The predicted octanol–water partition coefficient (Wildman–Crippen LogP) is 5.37. The molecule has 2 aromatic carbocycles. The molecule has 3 rings (SSSR count). The molecule has 0 amide bonds. The number of aryl methyl sites for hydroxylation is 3. The van der Waals surface area contributed by atoms with Crippen LogP contribution in [0, 0.1) is 0 Å². The first-order valence-electron chi connectivity index (χ1n) is 9.87. The largest absolute Gasteiger partial charge is 0.493 e. The van der Waals surface area contributed by atoms with Gasteiger partial charge in [0, 0.05) is 6.04 Å². The fourth-order valence-corrected chi connectivity index (χ4v) is 3.55. The summed E-state index contributed by atoms with van der Waals surface area (Å²) in [6, 6.07) is 18.2. The van der Waals surface area contributed by atoms with Crippen LogP contribution in [0.5, 0.6) is 5.75 Å². The second-order valence-electron chi connectivity index (χ2n) is 7.06. The molecule has 1 aliphatic rings. The first-order chi connectivity index (χ1) is 12.3. The van der Waals surface area contributed by atoms with Crippen molar-refractivity contribution in [1.82, 2.24) is 5.32 Å². The summed E-state index contributed by atoms with van der Waals surface area (Å²) in [6.45, 7) is 4.17. The summed E-state index contributed by atoms with van der Waals surface area (Å²) >= 11 is 0. The number of rotatable bonds is 8. The second kappa shape index (κ2) is 11.3. The van der Waals surface area contributed by atoms with Gasteiger partial charge in [-0.2, -0.15) is 0 Å². The Morgan fingerprint density at radius 1 is 0.962 bits per heavy atom. The van der Waals surface area contributed by atoms with E-state index in [0.717, 1.165) is 44.6 Å². The maximum absolute atomic E-state index is 6.12. The van der Waals surface area contributed by atoms with E-state index in [4.69, 9.17) is 4.74 Å². The van der Waals surface area contributed by atoms with Crippen molar-refractivity contribution in [3.8, 4) is 5.75 Å². The van der Waals surface area contributed by atoms with Crippen molar-refractivity contribution in [1.29, 1.82) is 0 Å². The highest BCUT2D eigenvalue weighted by Gasteiger charge is 2.12. The number of nitrogens with one attached hydrogen (secondary N) is 1. The topological polar surface area (TPSA) is 21.3 Å². The van der Waals surface area contributed by atoms with Crippen molar-refractivity contribution in [2.24, 2.45) is 0 Å². The molecule has 0 radical (unpaired) electrons. The van der Waals surface area contributed by atoms with Gasteiger partial charge in [0.1, 0.15) is 5.75 Å². The molecule has 0 aliphatic carbocycles. The molecule has 1 atom stereocenters. The SMILES string of the molecule is CCc1ccc(CCc2ccccc2OCCC2CCCCN2)cc1.Cl. The molecule has 0 saturated carbocycles. The van der Waals surface area contributed by atoms with Crippen LogP contribution in [0.2, 0.25) is 0 Å². The van der Waals surface area contributed by atoms with Crippen LogP contribution in [0.3, 0.4) is 0 Å². The Bertz CT molecular complexity index is 635. The van der Waals surface area contributed by atoms with Gasteiger partial charge in [-0.25, -0.2) is 0 Å². The zero-order chi connectivity index (χ0) is 17.3. The monoisotopic (exact) mass is 373 g/mol. The molecular formula is C23H32ClNO. The smallest absolute Gasteiger partial charge is 0.122 e. The molecule has 142 valence electrons. The quantitative estimate of drug-likeness (QED) is 0.671. The van der Waals surface area contributed by atoms with Gasteiger partial charge >= 0.3 is 0 Å². The summed E-state index contributed by atoms with van der Waals surface area (Å²) in [4.78, 5) is 0. The standard InChI is InChI=1S/C23H31NO.ClH/c1-2-19-10-12-20(13-11-19)14-15-21-7-3-4-9-23(21)25-18-16-22-8-5-6-17-24-22;/h3-4,7,9-13,22,24H,2,5-6,8,14-18H2,1H3;1H. The lowest BCUT2D eigenvalue weighted by atomic mass is 10.0. The molecule has 0 bridgehead atoms. The average Bonchev–Trinajstić information content (AvgIpc) is 2.68. The maximum Gasteiger partial charge on any atom is 0.122 e. The normalized spacial score (nSPS) is 16.7. The highest BCUT2D eigenvalue weighted by Crippen LogP contribution is 2.21. The van der Waals surface area contributed by atoms with Crippen molar-refractivity contribution in [3.63, 3.8) is 0 Å². The van der Waals surface area contributed by atoms with Gasteiger partial charge in [-0.05, 0) is 67.8 Å². The van der Waals surface area contributed by atoms with E-state index in [0.29, 0.717) is 6.04 Å². The zero-order valence-electron chi connectivity index (χ0n) is 15.9. The third kappa shape index (κ3) is 6.34. The molecule has 1 heterocycles. The number of benzene rings is 2. The van der Waals surface area contributed by atoms with Gasteiger partial charge in [0.25, 0.3) is 0 Å². The van der Waals surface area contributed by atoms with Crippen molar-refractivity contribution in [3.05, 3.63) is 65.2 Å². The summed E-state index contributed by atoms with van der Waals surface area (Å²) in [5, 5.41) is 3.60. The first kappa shape index (κ1) is 20.8. The van der Waals surface area contributed by atoms with Crippen LogP contribution in [0.15, 0.2) is 48.5 Å². The van der Waals surface area contributed by atoms with Crippen LogP contribution >= 0.6 is 12.4 Å². The number of para-hydroxylation sites is 1. The minimum absolute atomic E-state index is 0. The minimum Gasteiger partial charge on any atom is -0.493 e. The van der Waals surface area contributed by atoms with Crippen LogP contribution in [0.4, 0.5) is 0 Å². The van der Waals surface area contributed by atoms with Crippen molar-refractivity contribution in [2.45, 2.75) is 57.9 Å². The van der Waals surface area contributed by atoms with Crippen molar-refractivity contribution < 1.29 is 4.74 Å². The Hall–Kier alpha value is -1.51. The second-order valence-corrected chi connectivity index (χ2v) is 7.06. The first-order valence-corrected chi connectivity index (χ1v) is 9.87. The summed E-state index contributed by atoms with van der Waals surface area (Å²) in [5.41, 5.74) is 4.13. The third-order valence-electron chi connectivity index (χ3n) is 5.22. The van der Waals surface area contributed by atoms with E-state index in [1.165, 1.54) is 36.0 Å². The highest BCUT2D eigenvalue weighted by molar-refractivity contribution is 5.85. The molecule has 2 aromatic rings. The number of piperidine rings is 1. The highest BCUT2D eigenvalue weighted by atomic mass is 35.5. The molecule has 3 heteroatoms. The van der Waals surface area contributed by atoms with E-state index >= 15 is 0 Å². The molecule has 1 N–H and O–H groups in total. The van der Waals surface area contributed by atoms with Crippen LogP contribution in [-0.2, 0) is 19.3 Å². The van der Waals surface area contributed by atoms with Crippen LogP contribution < -0.4 is 10.1 Å². The Kier molecular flexibility index (Phi) is 9.00. The molecule has 0 spiro atoms. The van der Waals surface area contributed by atoms with E-state index < -0.39 is 0 Å². The van der Waals surface area contributed by atoms with Gasteiger partial charge in [-0.1, -0.05) is 55.8 Å². The Labute approximate surface area is 164 Å². The maximum atomic E-state index is 6.12. The van der Waals surface area contributed by atoms with Gasteiger partial charge in [-0.3, -0.25) is 0 Å². The minimum atomic E-state index is 0. The summed E-state index contributed by atoms with van der Waals surface area (Å²) < 4.78 is 6.12. The summed E-state index contributed by atoms with van der Waals surface area (Å²) in [5.74, 6) is 1.06. The molecule has 1 fully saturated rings. The van der Waals surface area contributed by atoms with E-state index in [1.807, 2.05) is 0 Å². The van der Waals surface area contributed by atoms with Gasteiger partial charge in [0.15, 0.2) is 0 Å². The Balaban J connectivity index is 0.00000243. The van der Waals surface area contributed by atoms with Crippen LogP contribution in [0.1, 0.15) is 49.3 Å². The Morgan fingerprint density at radius 2 is 1.73 bits per heavy atom.